The number of aliphatic hydroxyl groups excluding tert-OH is 1. The Morgan fingerprint density at radius 2 is 1.96 bits per heavy atom. The molecule has 1 atom stereocenters. The fourth-order valence-corrected chi connectivity index (χ4v) is 2.93. The Labute approximate surface area is 139 Å². The number of rotatable bonds is 4. The first-order valence-corrected chi connectivity index (χ1v) is 8.02. The van der Waals surface area contributed by atoms with Crippen LogP contribution in [0.4, 0.5) is 4.39 Å². The topological polar surface area (TPSA) is 72.5 Å². The smallest absolute Gasteiger partial charge is 0.251 e. The van der Waals surface area contributed by atoms with Crippen LogP contribution in [-0.2, 0) is 11.3 Å². The maximum absolute atomic E-state index is 13.1. The van der Waals surface area contributed by atoms with E-state index in [1.165, 1.54) is 19.1 Å². The molecule has 7 heteroatoms. The number of carbonyl (C=O) groups is 1. The van der Waals surface area contributed by atoms with Crippen LogP contribution in [0, 0.1) is 5.82 Å². The third-order valence-corrected chi connectivity index (χ3v) is 4.29. The predicted octanol–water partition coefficient (Wildman–Crippen LogP) is 1.24. The Balaban J connectivity index is 1.63. The monoisotopic (exact) mass is 332 g/mol. The lowest BCUT2D eigenvalue weighted by Crippen LogP contribution is -2.50. The van der Waals surface area contributed by atoms with Crippen LogP contribution in [0.2, 0.25) is 0 Å². The number of H-pyrrole nitrogens is 1. The van der Waals surface area contributed by atoms with Crippen LogP contribution in [0.1, 0.15) is 12.5 Å². The van der Waals surface area contributed by atoms with Crippen molar-refractivity contribution in [2.45, 2.75) is 19.6 Å². The van der Waals surface area contributed by atoms with E-state index < -0.39 is 6.10 Å². The van der Waals surface area contributed by atoms with E-state index in [1.54, 1.807) is 23.2 Å². The molecule has 0 spiro atoms. The standard InChI is InChI=1S/C17H21FN4O2/c1-12(23)17(24)22-8-6-21(7-9-22)11-14-10-19-20-16(14)13-2-4-15(18)5-3-13/h2-5,10,12,23H,6-9,11H2,1H3,(H,19,20). The maximum Gasteiger partial charge on any atom is 0.251 e. The highest BCUT2D eigenvalue weighted by Crippen LogP contribution is 2.23. The fourth-order valence-electron chi connectivity index (χ4n) is 2.93. The molecule has 0 aliphatic carbocycles. The molecule has 128 valence electrons. The summed E-state index contributed by atoms with van der Waals surface area (Å²) in [6, 6.07) is 6.32. The molecule has 2 N–H and O–H groups in total. The lowest BCUT2D eigenvalue weighted by molar-refractivity contribution is -0.141. The van der Waals surface area contributed by atoms with E-state index in [-0.39, 0.29) is 11.7 Å². The van der Waals surface area contributed by atoms with Crippen molar-refractivity contribution in [2.75, 3.05) is 26.2 Å². The van der Waals surface area contributed by atoms with E-state index in [4.69, 9.17) is 0 Å². The lowest BCUT2D eigenvalue weighted by Gasteiger charge is -2.35. The second kappa shape index (κ2) is 7.11. The molecule has 1 amide bonds. The number of hydrogen-bond acceptors (Lipinski definition) is 4. The van der Waals surface area contributed by atoms with Crippen LogP contribution < -0.4 is 0 Å². The summed E-state index contributed by atoms with van der Waals surface area (Å²) in [6.45, 7) is 4.90. The van der Waals surface area contributed by atoms with Gasteiger partial charge >= 0.3 is 0 Å². The van der Waals surface area contributed by atoms with Crippen LogP contribution in [0.15, 0.2) is 30.5 Å². The predicted molar refractivity (Wildman–Crippen MR) is 87.5 cm³/mol. The largest absolute Gasteiger partial charge is 0.384 e. The second-order valence-corrected chi connectivity index (χ2v) is 6.05. The number of benzene rings is 1. The van der Waals surface area contributed by atoms with Crippen molar-refractivity contribution >= 4 is 5.91 Å². The summed E-state index contributed by atoms with van der Waals surface area (Å²) in [5.41, 5.74) is 2.82. The van der Waals surface area contributed by atoms with Gasteiger partial charge in [-0.1, -0.05) is 0 Å². The average Bonchev–Trinajstić information content (AvgIpc) is 3.03. The Morgan fingerprint density at radius 3 is 2.58 bits per heavy atom. The number of amides is 1. The zero-order chi connectivity index (χ0) is 17.1. The van der Waals surface area contributed by atoms with Gasteiger partial charge in [-0.2, -0.15) is 5.10 Å². The van der Waals surface area contributed by atoms with E-state index in [0.717, 1.165) is 29.9 Å². The molecule has 6 nitrogen and oxygen atoms in total. The van der Waals surface area contributed by atoms with Crippen molar-refractivity contribution in [1.82, 2.24) is 20.0 Å². The molecule has 1 aliphatic rings. The number of nitrogens with one attached hydrogen (secondary N) is 1. The molecule has 2 aromatic rings. The normalized spacial score (nSPS) is 17.0. The highest BCUT2D eigenvalue weighted by atomic mass is 19.1. The molecule has 1 unspecified atom stereocenters. The fraction of sp³-hybridized carbons (Fsp3) is 0.412. The van der Waals surface area contributed by atoms with Gasteiger partial charge < -0.3 is 10.0 Å². The summed E-state index contributed by atoms with van der Waals surface area (Å²) in [7, 11) is 0. The molecule has 2 heterocycles. The van der Waals surface area contributed by atoms with Gasteiger partial charge in [0.05, 0.1) is 11.9 Å². The van der Waals surface area contributed by atoms with Crippen molar-refractivity contribution in [1.29, 1.82) is 0 Å². The van der Waals surface area contributed by atoms with Gasteiger partial charge in [0.1, 0.15) is 11.9 Å². The lowest BCUT2D eigenvalue weighted by atomic mass is 10.1. The summed E-state index contributed by atoms with van der Waals surface area (Å²) in [6.07, 6.45) is 0.835. The number of hydrogen-bond donors (Lipinski definition) is 2. The Kier molecular flexibility index (Phi) is 4.92. The first-order valence-electron chi connectivity index (χ1n) is 8.02. The van der Waals surface area contributed by atoms with Crippen LogP contribution in [0.25, 0.3) is 11.3 Å². The van der Waals surface area contributed by atoms with Gasteiger partial charge in [0.25, 0.3) is 5.91 Å². The zero-order valence-corrected chi connectivity index (χ0v) is 13.6. The van der Waals surface area contributed by atoms with Crippen molar-refractivity contribution in [3.63, 3.8) is 0 Å². The van der Waals surface area contributed by atoms with E-state index in [2.05, 4.69) is 15.1 Å². The molecule has 1 aliphatic heterocycles. The number of aromatic nitrogens is 2. The van der Waals surface area contributed by atoms with Gasteiger partial charge in [0, 0.05) is 43.9 Å². The van der Waals surface area contributed by atoms with Crippen molar-refractivity contribution in [3.8, 4) is 11.3 Å². The molecule has 1 aromatic heterocycles. The van der Waals surface area contributed by atoms with Crippen LogP contribution >= 0.6 is 0 Å². The molecular weight excluding hydrogens is 311 g/mol. The van der Waals surface area contributed by atoms with Crippen molar-refractivity contribution in [3.05, 3.63) is 41.8 Å². The van der Waals surface area contributed by atoms with Crippen molar-refractivity contribution < 1.29 is 14.3 Å². The Hall–Kier alpha value is -2.25. The highest BCUT2D eigenvalue weighted by molar-refractivity contribution is 5.80. The van der Waals surface area contributed by atoms with Gasteiger partial charge in [-0.25, -0.2) is 4.39 Å². The third kappa shape index (κ3) is 3.63. The number of nitrogens with zero attached hydrogens (tertiary/aromatic N) is 3. The van der Waals surface area contributed by atoms with Gasteiger partial charge in [-0.15, -0.1) is 0 Å². The van der Waals surface area contributed by atoms with Gasteiger partial charge in [0.15, 0.2) is 0 Å². The number of carbonyl (C=O) groups excluding carboxylic acids is 1. The summed E-state index contributed by atoms with van der Waals surface area (Å²) in [5.74, 6) is -0.483. The second-order valence-electron chi connectivity index (χ2n) is 6.05. The highest BCUT2D eigenvalue weighted by Gasteiger charge is 2.24. The van der Waals surface area contributed by atoms with Crippen LogP contribution in [0.5, 0.6) is 0 Å². The van der Waals surface area contributed by atoms with E-state index in [0.29, 0.717) is 19.6 Å². The van der Waals surface area contributed by atoms with Crippen LogP contribution in [0.3, 0.4) is 0 Å². The third-order valence-electron chi connectivity index (χ3n) is 4.29. The minimum absolute atomic E-state index is 0.218. The molecule has 24 heavy (non-hydrogen) atoms. The Morgan fingerprint density at radius 1 is 1.29 bits per heavy atom. The molecule has 1 aromatic carbocycles. The molecule has 1 saturated heterocycles. The maximum atomic E-state index is 13.1. The van der Waals surface area contributed by atoms with Crippen molar-refractivity contribution in [2.24, 2.45) is 0 Å². The van der Waals surface area contributed by atoms with E-state index in [9.17, 15) is 14.3 Å². The molecule has 0 bridgehead atoms. The average molecular weight is 332 g/mol. The van der Waals surface area contributed by atoms with E-state index in [1.807, 2.05) is 0 Å². The van der Waals surface area contributed by atoms with E-state index >= 15 is 0 Å². The summed E-state index contributed by atoms with van der Waals surface area (Å²) < 4.78 is 13.1. The molecular formula is C17H21FN4O2. The minimum atomic E-state index is -0.949. The number of halogens is 1. The Bertz CT molecular complexity index is 691. The van der Waals surface area contributed by atoms with Gasteiger partial charge in [0.2, 0.25) is 0 Å². The molecule has 0 saturated carbocycles. The first kappa shape index (κ1) is 16.6. The molecule has 3 rings (SSSR count). The summed E-state index contributed by atoms with van der Waals surface area (Å²) in [5, 5.41) is 16.5. The zero-order valence-electron chi connectivity index (χ0n) is 13.6. The number of aromatic amines is 1. The SMILES string of the molecule is CC(O)C(=O)N1CCN(Cc2cn[nH]c2-c2ccc(F)cc2)CC1. The number of aliphatic hydroxyl groups is 1. The van der Waals surface area contributed by atoms with Gasteiger partial charge in [-0.3, -0.25) is 14.8 Å². The number of piperazine rings is 1. The summed E-state index contributed by atoms with van der Waals surface area (Å²) in [4.78, 5) is 15.7. The molecule has 1 fully saturated rings. The minimum Gasteiger partial charge on any atom is -0.384 e. The first-order chi connectivity index (χ1) is 11.5. The van der Waals surface area contributed by atoms with Gasteiger partial charge in [-0.05, 0) is 31.2 Å². The quantitative estimate of drug-likeness (QED) is 0.884. The summed E-state index contributed by atoms with van der Waals surface area (Å²) >= 11 is 0. The van der Waals surface area contributed by atoms with Crippen LogP contribution in [-0.4, -0.2) is 63.3 Å². The molecule has 0 radical (unpaired) electrons.